The summed E-state index contributed by atoms with van der Waals surface area (Å²) in [5.41, 5.74) is 0. The van der Waals surface area contributed by atoms with Gasteiger partial charge < -0.3 is 20.3 Å². The molecule has 20 heavy (non-hydrogen) atoms. The van der Waals surface area contributed by atoms with Crippen LogP contribution in [0.4, 0.5) is 4.79 Å². The highest BCUT2D eigenvalue weighted by Gasteiger charge is 2.12. The van der Waals surface area contributed by atoms with E-state index in [-0.39, 0.29) is 25.1 Å². The van der Waals surface area contributed by atoms with Gasteiger partial charge in [-0.15, -0.1) is 0 Å². The Bertz CT molecular complexity index is 406. The number of carbonyl (C=O) groups excluding carboxylic acids is 1. The molecule has 0 fully saturated rings. The number of aryl methyl sites for hydroxylation is 1. The van der Waals surface area contributed by atoms with Crippen LogP contribution < -0.4 is 10.6 Å². The van der Waals surface area contributed by atoms with Gasteiger partial charge in [0.15, 0.2) is 5.82 Å². The lowest BCUT2D eigenvalue weighted by Gasteiger charge is -2.18. The first-order valence-corrected chi connectivity index (χ1v) is 6.93. The molecule has 1 atom stereocenters. The van der Waals surface area contributed by atoms with Crippen LogP contribution in [0.2, 0.25) is 0 Å². The summed E-state index contributed by atoms with van der Waals surface area (Å²) in [5.74, 6) is 1.76. The quantitative estimate of drug-likeness (QED) is 0.666. The molecule has 0 saturated carbocycles. The average Bonchev–Trinajstić information content (AvgIpc) is 2.79. The van der Waals surface area contributed by atoms with Crippen molar-refractivity contribution in [1.82, 2.24) is 20.8 Å². The summed E-state index contributed by atoms with van der Waals surface area (Å²) < 4.78 is 4.81. The molecule has 0 aromatic carbocycles. The molecule has 3 N–H and O–H groups in total. The minimum Gasteiger partial charge on any atom is -0.396 e. The zero-order chi connectivity index (χ0) is 15.0. The summed E-state index contributed by atoms with van der Waals surface area (Å²) in [5, 5.41) is 18.2. The van der Waals surface area contributed by atoms with Crippen LogP contribution in [0.3, 0.4) is 0 Å². The fourth-order valence-electron chi connectivity index (χ4n) is 2.02. The second kappa shape index (κ2) is 8.52. The van der Waals surface area contributed by atoms with Gasteiger partial charge in [-0.3, -0.25) is 0 Å². The van der Waals surface area contributed by atoms with E-state index in [2.05, 4.69) is 34.6 Å². The van der Waals surface area contributed by atoms with Crippen molar-refractivity contribution in [1.29, 1.82) is 0 Å². The number of urea groups is 1. The minimum absolute atomic E-state index is 0.142. The van der Waals surface area contributed by atoms with Crippen molar-refractivity contribution in [3.05, 3.63) is 11.7 Å². The third kappa shape index (κ3) is 6.51. The molecule has 0 saturated heterocycles. The summed E-state index contributed by atoms with van der Waals surface area (Å²) in [7, 11) is 0. The lowest BCUT2D eigenvalue weighted by molar-refractivity contribution is 0.224. The summed E-state index contributed by atoms with van der Waals surface area (Å²) in [4.78, 5) is 15.6. The lowest BCUT2D eigenvalue weighted by Crippen LogP contribution is -2.38. The number of nitrogens with one attached hydrogen (secondary N) is 2. The molecule has 0 bridgehead atoms. The zero-order valence-corrected chi connectivity index (χ0v) is 12.3. The average molecular weight is 284 g/mol. The van der Waals surface area contributed by atoms with E-state index < -0.39 is 0 Å². The van der Waals surface area contributed by atoms with Crippen LogP contribution in [0.5, 0.6) is 0 Å². The van der Waals surface area contributed by atoms with Gasteiger partial charge in [0.05, 0.1) is 6.54 Å². The van der Waals surface area contributed by atoms with Crippen molar-refractivity contribution in [2.75, 3.05) is 13.2 Å². The number of amides is 2. The number of aliphatic hydroxyl groups is 1. The van der Waals surface area contributed by atoms with Crippen molar-refractivity contribution in [2.24, 2.45) is 11.8 Å². The molecule has 0 aliphatic rings. The molecule has 0 radical (unpaired) electrons. The lowest BCUT2D eigenvalue weighted by atomic mass is 9.94. The fraction of sp³-hybridized carbons (Fsp3) is 0.769. The first kappa shape index (κ1) is 16.4. The monoisotopic (exact) mass is 284 g/mol. The fourth-order valence-corrected chi connectivity index (χ4v) is 2.02. The molecule has 1 aromatic rings. The maximum Gasteiger partial charge on any atom is 0.315 e. The number of rotatable bonds is 8. The SMILES string of the molecule is Cc1nc(CNC(=O)NCC(CCO)CC(C)C)no1. The Labute approximate surface area is 119 Å². The van der Waals surface area contributed by atoms with Gasteiger partial charge in [0.2, 0.25) is 5.89 Å². The van der Waals surface area contributed by atoms with Crippen molar-refractivity contribution >= 4 is 6.03 Å². The van der Waals surface area contributed by atoms with Crippen molar-refractivity contribution < 1.29 is 14.4 Å². The molecule has 0 aliphatic heterocycles. The highest BCUT2D eigenvalue weighted by molar-refractivity contribution is 5.73. The number of hydrogen-bond donors (Lipinski definition) is 3. The van der Waals surface area contributed by atoms with E-state index >= 15 is 0 Å². The van der Waals surface area contributed by atoms with Crippen LogP contribution in [0, 0.1) is 18.8 Å². The van der Waals surface area contributed by atoms with Crippen LogP contribution in [-0.4, -0.2) is 34.4 Å². The van der Waals surface area contributed by atoms with Crippen molar-refractivity contribution in [3.63, 3.8) is 0 Å². The van der Waals surface area contributed by atoms with Crippen molar-refractivity contribution in [2.45, 2.75) is 40.2 Å². The molecular weight excluding hydrogens is 260 g/mol. The summed E-state index contributed by atoms with van der Waals surface area (Å²) in [6, 6.07) is -0.265. The van der Waals surface area contributed by atoms with E-state index in [1.165, 1.54) is 0 Å². The van der Waals surface area contributed by atoms with Gasteiger partial charge in [0.1, 0.15) is 0 Å². The molecule has 0 spiro atoms. The summed E-state index contributed by atoms with van der Waals surface area (Å²) in [6.45, 7) is 6.88. The van der Waals surface area contributed by atoms with E-state index in [4.69, 9.17) is 9.63 Å². The molecule has 0 aliphatic carbocycles. The number of hydrogen-bond acceptors (Lipinski definition) is 5. The summed E-state index contributed by atoms with van der Waals surface area (Å²) in [6.07, 6.45) is 1.67. The number of carbonyl (C=O) groups is 1. The molecule has 1 unspecified atom stereocenters. The van der Waals surface area contributed by atoms with E-state index in [9.17, 15) is 4.79 Å². The number of nitrogens with zero attached hydrogens (tertiary/aromatic N) is 2. The maximum atomic E-state index is 11.6. The Morgan fingerprint density at radius 1 is 1.40 bits per heavy atom. The molecule has 7 nitrogen and oxygen atoms in total. The van der Waals surface area contributed by atoms with E-state index in [1.54, 1.807) is 6.92 Å². The topological polar surface area (TPSA) is 100 Å². The van der Waals surface area contributed by atoms with Gasteiger partial charge >= 0.3 is 6.03 Å². The molecular formula is C13H24N4O3. The zero-order valence-electron chi connectivity index (χ0n) is 12.3. The second-order valence-electron chi connectivity index (χ2n) is 5.30. The highest BCUT2D eigenvalue weighted by atomic mass is 16.5. The number of aromatic nitrogens is 2. The van der Waals surface area contributed by atoms with Gasteiger partial charge in [0.25, 0.3) is 0 Å². The normalized spacial score (nSPS) is 12.4. The predicted molar refractivity (Wildman–Crippen MR) is 73.9 cm³/mol. The van der Waals surface area contributed by atoms with Crippen LogP contribution in [0.25, 0.3) is 0 Å². The Morgan fingerprint density at radius 3 is 2.70 bits per heavy atom. The van der Waals surface area contributed by atoms with Crippen LogP contribution >= 0.6 is 0 Å². The maximum absolute atomic E-state index is 11.6. The van der Waals surface area contributed by atoms with Crippen molar-refractivity contribution in [3.8, 4) is 0 Å². The van der Waals surface area contributed by atoms with Crippen LogP contribution in [0.1, 0.15) is 38.4 Å². The first-order chi connectivity index (χ1) is 9.51. The molecule has 1 aromatic heterocycles. The molecule has 2 amide bonds. The molecule has 114 valence electrons. The highest BCUT2D eigenvalue weighted by Crippen LogP contribution is 2.14. The standard InChI is InChI=1S/C13H24N4O3/c1-9(2)6-11(4-5-18)7-14-13(19)15-8-12-16-10(3)20-17-12/h9,11,18H,4-8H2,1-3H3,(H2,14,15,19). The van der Waals surface area contributed by atoms with Crippen LogP contribution in [0.15, 0.2) is 4.52 Å². The first-order valence-electron chi connectivity index (χ1n) is 6.93. The Balaban J connectivity index is 2.26. The van der Waals surface area contributed by atoms with Gasteiger partial charge in [-0.2, -0.15) is 4.98 Å². The largest absolute Gasteiger partial charge is 0.396 e. The molecule has 1 rings (SSSR count). The molecule has 1 heterocycles. The number of aliphatic hydroxyl groups excluding tert-OH is 1. The Morgan fingerprint density at radius 2 is 2.15 bits per heavy atom. The smallest absolute Gasteiger partial charge is 0.315 e. The predicted octanol–water partition coefficient (Wildman–Crippen LogP) is 1.22. The van der Waals surface area contributed by atoms with Gasteiger partial charge in [-0.25, -0.2) is 4.79 Å². The Kier molecular flexibility index (Phi) is 7.00. The third-order valence-corrected chi connectivity index (χ3v) is 2.87. The summed E-state index contributed by atoms with van der Waals surface area (Å²) >= 11 is 0. The van der Waals surface area contributed by atoms with E-state index in [1.807, 2.05) is 0 Å². The molecule has 7 heteroatoms. The van der Waals surface area contributed by atoms with Gasteiger partial charge in [-0.05, 0) is 24.7 Å². The van der Waals surface area contributed by atoms with Gasteiger partial charge in [-0.1, -0.05) is 19.0 Å². The second-order valence-corrected chi connectivity index (χ2v) is 5.30. The minimum atomic E-state index is -0.265. The van der Waals surface area contributed by atoms with Gasteiger partial charge in [0, 0.05) is 20.1 Å². The van der Waals surface area contributed by atoms with Crippen LogP contribution in [-0.2, 0) is 6.54 Å². The third-order valence-electron chi connectivity index (χ3n) is 2.87. The van der Waals surface area contributed by atoms with E-state index in [0.717, 1.165) is 6.42 Å². The van der Waals surface area contributed by atoms with E-state index in [0.29, 0.717) is 30.6 Å². The Hall–Kier alpha value is -1.63.